The molecule has 4 rings (SSSR count). The van der Waals surface area contributed by atoms with Gasteiger partial charge in [-0.15, -0.1) is 5.10 Å². The van der Waals surface area contributed by atoms with Crippen LogP contribution in [0.15, 0.2) is 61.1 Å². The van der Waals surface area contributed by atoms with Crippen molar-refractivity contribution >= 4 is 11.6 Å². The highest BCUT2D eigenvalue weighted by Gasteiger charge is 2.05. The van der Waals surface area contributed by atoms with Crippen LogP contribution in [0.3, 0.4) is 0 Å². The maximum Gasteiger partial charge on any atom is 0.321 e. The lowest BCUT2D eigenvalue weighted by Crippen LogP contribution is -1.93. The lowest BCUT2D eigenvalue weighted by atomic mass is 10.1. The van der Waals surface area contributed by atoms with Crippen molar-refractivity contribution in [1.82, 2.24) is 24.6 Å². The van der Waals surface area contributed by atoms with Crippen LogP contribution in [-0.2, 0) is 0 Å². The van der Waals surface area contributed by atoms with Crippen molar-refractivity contribution in [3.63, 3.8) is 0 Å². The minimum atomic E-state index is 0.241. The molecule has 0 atom stereocenters. The number of benzene rings is 1. The Morgan fingerprint density at radius 3 is 2.48 bits per heavy atom. The van der Waals surface area contributed by atoms with Gasteiger partial charge >= 0.3 is 6.01 Å². The van der Waals surface area contributed by atoms with E-state index in [2.05, 4.69) is 20.1 Å². The Morgan fingerprint density at radius 2 is 1.70 bits per heavy atom. The summed E-state index contributed by atoms with van der Waals surface area (Å²) >= 11 is 0. The Hall–Kier alpha value is -3.48. The van der Waals surface area contributed by atoms with Crippen molar-refractivity contribution in [1.29, 1.82) is 0 Å². The molecule has 0 saturated heterocycles. The van der Waals surface area contributed by atoms with Gasteiger partial charge in [0.2, 0.25) is 5.95 Å². The maximum atomic E-state index is 5.59. The van der Waals surface area contributed by atoms with Crippen LogP contribution < -0.4 is 10.5 Å². The number of nitrogens with two attached hydrogens (primary N) is 1. The molecule has 0 bridgehead atoms. The van der Waals surface area contributed by atoms with Crippen LogP contribution in [0.4, 0.5) is 5.95 Å². The van der Waals surface area contributed by atoms with Gasteiger partial charge in [-0.2, -0.15) is 4.98 Å². The largest absolute Gasteiger partial charge is 0.424 e. The van der Waals surface area contributed by atoms with Gasteiger partial charge in [-0.25, -0.2) is 14.5 Å². The van der Waals surface area contributed by atoms with E-state index >= 15 is 0 Å². The molecule has 0 unspecified atom stereocenters. The summed E-state index contributed by atoms with van der Waals surface area (Å²) in [5.74, 6) is 0.935. The molecular weight excluding hydrogens is 292 g/mol. The van der Waals surface area contributed by atoms with E-state index in [0.29, 0.717) is 17.4 Å². The third kappa shape index (κ3) is 2.67. The molecule has 3 heterocycles. The van der Waals surface area contributed by atoms with E-state index in [9.17, 15) is 0 Å². The highest BCUT2D eigenvalue weighted by Crippen LogP contribution is 2.21. The van der Waals surface area contributed by atoms with E-state index in [0.717, 1.165) is 11.1 Å². The summed E-state index contributed by atoms with van der Waals surface area (Å²) in [6.07, 6.45) is 5.23. The molecular formula is C16H12N6O. The van der Waals surface area contributed by atoms with Crippen LogP contribution in [0.5, 0.6) is 11.8 Å². The maximum absolute atomic E-state index is 5.59. The second kappa shape index (κ2) is 5.38. The van der Waals surface area contributed by atoms with E-state index in [1.54, 1.807) is 16.9 Å². The number of anilines is 1. The molecule has 0 aliphatic heterocycles. The minimum absolute atomic E-state index is 0.241. The zero-order valence-corrected chi connectivity index (χ0v) is 12.0. The van der Waals surface area contributed by atoms with Gasteiger partial charge in [0.15, 0.2) is 5.65 Å². The number of rotatable bonds is 3. The number of fused-ring (bicyclic) bond motifs is 1. The molecule has 112 valence electrons. The molecule has 0 saturated carbocycles. The van der Waals surface area contributed by atoms with E-state index < -0.39 is 0 Å². The van der Waals surface area contributed by atoms with Crippen LogP contribution in [-0.4, -0.2) is 24.6 Å². The summed E-state index contributed by atoms with van der Waals surface area (Å²) in [6, 6.07) is 13.5. The van der Waals surface area contributed by atoms with Crippen molar-refractivity contribution in [2.45, 2.75) is 0 Å². The molecule has 0 aliphatic carbocycles. The first-order valence-electron chi connectivity index (χ1n) is 6.95. The highest BCUT2D eigenvalue weighted by atomic mass is 16.5. The topological polar surface area (TPSA) is 91.2 Å². The second-order valence-corrected chi connectivity index (χ2v) is 4.86. The molecule has 0 aliphatic rings. The molecule has 1 aromatic carbocycles. The van der Waals surface area contributed by atoms with Crippen molar-refractivity contribution < 1.29 is 4.74 Å². The summed E-state index contributed by atoms with van der Waals surface area (Å²) in [4.78, 5) is 12.6. The fourth-order valence-electron chi connectivity index (χ4n) is 2.18. The van der Waals surface area contributed by atoms with Crippen LogP contribution >= 0.6 is 0 Å². The second-order valence-electron chi connectivity index (χ2n) is 4.86. The summed E-state index contributed by atoms with van der Waals surface area (Å²) in [5, 5.41) is 4.09. The van der Waals surface area contributed by atoms with Crippen molar-refractivity contribution in [3.05, 3.63) is 61.1 Å². The number of hydrogen-bond acceptors (Lipinski definition) is 6. The molecule has 2 N–H and O–H groups in total. The summed E-state index contributed by atoms with van der Waals surface area (Å²) < 4.78 is 7.20. The van der Waals surface area contributed by atoms with Gasteiger partial charge in [0.05, 0.1) is 0 Å². The molecule has 7 heteroatoms. The van der Waals surface area contributed by atoms with Gasteiger partial charge in [0, 0.05) is 29.7 Å². The smallest absolute Gasteiger partial charge is 0.321 e. The van der Waals surface area contributed by atoms with Gasteiger partial charge in [-0.3, -0.25) is 0 Å². The number of nitrogens with zero attached hydrogens (tertiary/aromatic N) is 5. The number of pyridine rings is 1. The molecule has 3 aromatic heterocycles. The lowest BCUT2D eigenvalue weighted by Gasteiger charge is -2.05. The van der Waals surface area contributed by atoms with E-state index in [-0.39, 0.29) is 5.95 Å². The summed E-state index contributed by atoms with van der Waals surface area (Å²) in [7, 11) is 0. The first-order valence-corrected chi connectivity index (χ1v) is 6.95. The fourth-order valence-corrected chi connectivity index (χ4v) is 2.18. The summed E-state index contributed by atoms with van der Waals surface area (Å²) in [5.41, 5.74) is 8.04. The molecule has 0 radical (unpaired) electrons. The Bertz CT molecular complexity index is 949. The number of aromatic nitrogens is 5. The Balaban J connectivity index is 1.61. The third-order valence-electron chi connectivity index (χ3n) is 3.26. The van der Waals surface area contributed by atoms with Crippen molar-refractivity contribution in [2.24, 2.45) is 0 Å². The predicted molar refractivity (Wildman–Crippen MR) is 84.9 cm³/mol. The van der Waals surface area contributed by atoms with Crippen molar-refractivity contribution in [2.75, 3.05) is 5.73 Å². The van der Waals surface area contributed by atoms with E-state index in [1.807, 2.05) is 48.7 Å². The SMILES string of the molecule is Nc1nc2ccc(-c3cnc(Oc4ccccc4)nc3)cn2n1. The van der Waals surface area contributed by atoms with Crippen molar-refractivity contribution in [3.8, 4) is 22.9 Å². The minimum Gasteiger partial charge on any atom is -0.424 e. The molecule has 4 aromatic rings. The average molecular weight is 304 g/mol. The zero-order chi connectivity index (χ0) is 15.6. The van der Waals surface area contributed by atoms with E-state index in [4.69, 9.17) is 10.5 Å². The molecule has 23 heavy (non-hydrogen) atoms. The normalized spacial score (nSPS) is 10.8. The number of ether oxygens (including phenoxy) is 1. The molecule has 0 fully saturated rings. The third-order valence-corrected chi connectivity index (χ3v) is 3.26. The molecule has 0 amide bonds. The molecule has 0 spiro atoms. The van der Waals surface area contributed by atoms with Crippen LogP contribution in [0.1, 0.15) is 0 Å². The predicted octanol–water partition coefficient (Wildman–Crippen LogP) is 2.56. The average Bonchev–Trinajstić information content (AvgIpc) is 2.95. The monoisotopic (exact) mass is 304 g/mol. The zero-order valence-electron chi connectivity index (χ0n) is 12.0. The Labute approximate surface area is 131 Å². The van der Waals surface area contributed by atoms with Gasteiger partial charge in [-0.1, -0.05) is 18.2 Å². The number of nitrogen functional groups attached to an aromatic ring is 1. The highest BCUT2D eigenvalue weighted by molar-refractivity contribution is 5.63. The van der Waals surface area contributed by atoms with E-state index in [1.165, 1.54) is 0 Å². The van der Waals surface area contributed by atoms with Crippen LogP contribution in [0.25, 0.3) is 16.8 Å². The van der Waals surface area contributed by atoms with Crippen LogP contribution in [0, 0.1) is 0 Å². The first kappa shape index (κ1) is 13.2. The Morgan fingerprint density at radius 1 is 0.913 bits per heavy atom. The summed E-state index contributed by atoms with van der Waals surface area (Å²) in [6.45, 7) is 0. The fraction of sp³-hybridized carbons (Fsp3) is 0. The van der Waals surface area contributed by atoms with Gasteiger partial charge in [0.25, 0.3) is 0 Å². The van der Waals surface area contributed by atoms with Gasteiger partial charge < -0.3 is 10.5 Å². The standard InChI is InChI=1S/C16H12N6O/c17-15-20-14-7-6-11(10-22(14)21-15)12-8-18-16(19-9-12)23-13-4-2-1-3-5-13/h1-10H,(H2,17,21). The Kier molecular flexibility index (Phi) is 3.09. The van der Waals surface area contributed by atoms with Gasteiger partial charge in [-0.05, 0) is 24.3 Å². The van der Waals surface area contributed by atoms with Crippen LogP contribution in [0.2, 0.25) is 0 Å². The first-order chi connectivity index (χ1) is 11.3. The number of hydrogen-bond donors (Lipinski definition) is 1. The lowest BCUT2D eigenvalue weighted by molar-refractivity contribution is 0.442. The quantitative estimate of drug-likeness (QED) is 0.625. The van der Waals surface area contributed by atoms with Gasteiger partial charge in [0.1, 0.15) is 5.75 Å². The number of para-hydroxylation sites is 1. The molecule has 7 nitrogen and oxygen atoms in total.